The van der Waals surface area contributed by atoms with E-state index in [0.717, 1.165) is 5.56 Å². The standard InChI is InChI=1S/C9H9OS/c1-11-9(7-10)8-5-3-2-4-6-8/h2-6,9H,1H3. The van der Waals surface area contributed by atoms with E-state index in [1.165, 1.54) is 11.8 Å². The molecule has 2 heteroatoms. The van der Waals surface area contributed by atoms with Crippen LogP contribution in [-0.2, 0) is 4.79 Å². The zero-order chi connectivity index (χ0) is 8.10. The molecule has 0 bridgehead atoms. The minimum Gasteiger partial charge on any atom is -0.289 e. The van der Waals surface area contributed by atoms with Gasteiger partial charge in [0.05, 0.1) is 5.25 Å². The highest BCUT2D eigenvalue weighted by atomic mass is 32.2. The molecule has 0 saturated heterocycles. The molecule has 1 nitrogen and oxygen atoms in total. The van der Waals surface area contributed by atoms with E-state index in [1.54, 1.807) is 0 Å². The smallest absolute Gasteiger partial charge is 0.217 e. The summed E-state index contributed by atoms with van der Waals surface area (Å²) < 4.78 is 0. The summed E-state index contributed by atoms with van der Waals surface area (Å²) in [5, 5.41) is -0.129. The van der Waals surface area contributed by atoms with Gasteiger partial charge in [0, 0.05) is 0 Å². The SMILES string of the molecule is CSC([C]=O)c1ccccc1. The van der Waals surface area contributed by atoms with Crippen LogP contribution in [-0.4, -0.2) is 12.5 Å². The third kappa shape index (κ3) is 2.09. The molecular formula is C9H9OS. The van der Waals surface area contributed by atoms with Crippen molar-refractivity contribution in [2.45, 2.75) is 5.25 Å². The Morgan fingerprint density at radius 2 is 2.00 bits per heavy atom. The average Bonchev–Trinajstić information content (AvgIpc) is 2.09. The van der Waals surface area contributed by atoms with Gasteiger partial charge in [-0.1, -0.05) is 30.3 Å². The lowest BCUT2D eigenvalue weighted by molar-refractivity contribution is 0.554. The van der Waals surface area contributed by atoms with Crippen LogP contribution in [0.5, 0.6) is 0 Å². The monoisotopic (exact) mass is 165 g/mol. The minimum absolute atomic E-state index is 0.129. The topological polar surface area (TPSA) is 17.1 Å². The highest BCUT2D eigenvalue weighted by Gasteiger charge is 2.07. The fourth-order valence-corrected chi connectivity index (χ4v) is 1.41. The van der Waals surface area contributed by atoms with Crippen LogP contribution < -0.4 is 0 Å². The molecule has 1 aromatic carbocycles. The Bertz CT molecular complexity index is 220. The minimum atomic E-state index is -0.129. The number of hydrogen-bond donors (Lipinski definition) is 0. The summed E-state index contributed by atoms with van der Waals surface area (Å²) in [6, 6.07) is 9.66. The van der Waals surface area contributed by atoms with Crippen molar-refractivity contribution in [2.24, 2.45) is 0 Å². The summed E-state index contributed by atoms with van der Waals surface area (Å²) in [4.78, 5) is 10.4. The summed E-state index contributed by atoms with van der Waals surface area (Å²) in [5.74, 6) is 0. The van der Waals surface area contributed by atoms with Gasteiger partial charge in [-0.25, -0.2) is 0 Å². The Morgan fingerprint density at radius 3 is 2.45 bits per heavy atom. The van der Waals surface area contributed by atoms with E-state index in [-0.39, 0.29) is 5.25 Å². The lowest BCUT2D eigenvalue weighted by Crippen LogP contribution is -1.92. The molecule has 0 N–H and O–H groups in total. The molecule has 1 aromatic rings. The van der Waals surface area contributed by atoms with Crippen LogP contribution in [0.15, 0.2) is 30.3 Å². The molecule has 0 aromatic heterocycles. The number of rotatable bonds is 3. The Kier molecular flexibility index (Phi) is 3.17. The molecule has 0 aliphatic carbocycles. The van der Waals surface area contributed by atoms with Crippen LogP contribution in [0.25, 0.3) is 0 Å². The van der Waals surface area contributed by atoms with Gasteiger partial charge >= 0.3 is 0 Å². The van der Waals surface area contributed by atoms with Crippen LogP contribution >= 0.6 is 11.8 Å². The average molecular weight is 165 g/mol. The largest absolute Gasteiger partial charge is 0.289 e. The number of carbonyl (C=O) groups excluding carboxylic acids is 1. The van der Waals surface area contributed by atoms with E-state index in [4.69, 9.17) is 0 Å². The van der Waals surface area contributed by atoms with Crippen molar-refractivity contribution in [3.05, 3.63) is 35.9 Å². The van der Waals surface area contributed by atoms with E-state index >= 15 is 0 Å². The van der Waals surface area contributed by atoms with Gasteiger partial charge in [0.2, 0.25) is 6.29 Å². The first-order valence-corrected chi connectivity index (χ1v) is 4.62. The van der Waals surface area contributed by atoms with E-state index in [2.05, 4.69) is 0 Å². The van der Waals surface area contributed by atoms with Gasteiger partial charge in [-0.05, 0) is 11.8 Å². The van der Waals surface area contributed by atoms with Gasteiger partial charge in [-0.2, -0.15) is 0 Å². The summed E-state index contributed by atoms with van der Waals surface area (Å²) in [6.45, 7) is 0. The van der Waals surface area contributed by atoms with Crippen LogP contribution in [0.4, 0.5) is 0 Å². The van der Waals surface area contributed by atoms with Crippen molar-refractivity contribution >= 4 is 18.0 Å². The van der Waals surface area contributed by atoms with Gasteiger partial charge in [-0.15, -0.1) is 11.8 Å². The molecule has 0 saturated carbocycles. The van der Waals surface area contributed by atoms with E-state index in [9.17, 15) is 4.79 Å². The van der Waals surface area contributed by atoms with Gasteiger partial charge < -0.3 is 0 Å². The zero-order valence-corrected chi connectivity index (χ0v) is 7.10. The van der Waals surface area contributed by atoms with Crippen molar-refractivity contribution in [3.8, 4) is 0 Å². The van der Waals surface area contributed by atoms with Crippen molar-refractivity contribution in [3.63, 3.8) is 0 Å². The maximum atomic E-state index is 10.4. The first-order chi connectivity index (χ1) is 5.38. The Labute approximate surface area is 70.8 Å². The molecular weight excluding hydrogens is 156 g/mol. The lowest BCUT2D eigenvalue weighted by Gasteiger charge is -2.04. The highest BCUT2D eigenvalue weighted by Crippen LogP contribution is 2.23. The van der Waals surface area contributed by atoms with Crippen LogP contribution in [0.2, 0.25) is 0 Å². The fraction of sp³-hybridized carbons (Fsp3) is 0.222. The molecule has 0 spiro atoms. The molecule has 0 amide bonds. The maximum Gasteiger partial charge on any atom is 0.217 e. The predicted molar refractivity (Wildman–Crippen MR) is 48.4 cm³/mol. The lowest BCUT2D eigenvalue weighted by atomic mass is 10.2. The molecule has 1 rings (SSSR count). The van der Waals surface area contributed by atoms with Gasteiger partial charge in [0.15, 0.2) is 0 Å². The van der Waals surface area contributed by atoms with Crippen LogP contribution in [0, 0.1) is 0 Å². The van der Waals surface area contributed by atoms with Crippen molar-refractivity contribution in [1.82, 2.24) is 0 Å². The molecule has 11 heavy (non-hydrogen) atoms. The third-order valence-corrected chi connectivity index (χ3v) is 2.28. The van der Waals surface area contributed by atoms with Crippen LogP contribution in [0.1, 0.15) is 10.8 Å². The Morgan fingerprint density at radius 1 is 1.36 bits per heavy atom. The molecule has 0 aliphatic rings. The number of benzene rings is 1. The van der Waals surface area contributed by atoms with Gasteiger partial charge in [-0.3, -0.25) is 4.79 Å². The molecule has 0 aliphatic heterocycles. The first-order valence-electron chi connectivity index (χ1n) is 3.34. The summed E-state index contributed by atoms with van der Waals surface area (Å²) in [6.07, 6.45) is 3.89. The van der Waals surface area contributed by atoms with Gasteiger partial charge in [0.25, 0.3) is 0 Å². The highest BCUT2D eigenvalue weighted by molar-refractivity contribution is 7.99. The molecule has 57 valence electrons. The first kappa shape index (κ1) is 8.34. The molecule has 1 radical (unpaired) electrons. The van der Waals surface area contributed by atoms with Crippen molar-refractivity contribution in [1.29, 1.82) is 0 Å². The maximum absolute atomic E-state index is 10.4. The molecule has 1 atom stereocenters. The third-order valence-electron chi connectivity index (χ3n) is 1.45. The molecule has 0 fully saturated rings. The predicted octanol–water partition coefficient (Wildman–Crippen LogP) is 2.20. The van der Waals surface area contributed by atoms with Crippen LogP contribution in [0.3, 0.4) is 0 Å². The second-order valence-electron chi connectivity index (χ2n) is 2.14. The van der Waals surface area contributed by atoms with E-state index in [1.807, 2.05) is 42.9 Å². The number of thioether (sulfide) groups is 1. The second kappa shape index (κ2) is 4.19. The molecule has 0 heterocycles. The van der Waals surface area contributed by atoms with E-state index < -0.39 is 0 Å². The zero-order valence-electron chi connectivity index (χ0n) is 6.28. The van der Waals surface area contributed by atoms with E-state index in [0.29, 0.717) is 0 Å². The Balaban J connectivity index is 2.82. The summed E-state index contributed by atoms with van der Waals surface area (Å²) in [5.41, 5.74) is 1.02. The number of hydrogen-bond acceptors (Lipinski definition) is 2. The second-order valence-corrected chi connectivity index (χ2v) is 3.09. The fourth-order valence-electron chi connectivity index (χ4n) is 0.880. The molecule has 1 unspecified atom stereocenters. The summed E-state index contributed by atoms with van der Waals surface area (Å²) >= 11 is 1.50. The van der Waals surface area contributed by atoms with Crippen molar-refractivity contribution < 1.29 is 4.79 Å². The normalized spacial score (nSPS) is 12.5. The Hall–Kier alpha value is -0.760. The van der Waals surface area contributed by atoms with Crippen molar-refractivity contribution in [2.75, 3.05) is 6.26 Å². The summed E-state index contributed by atoms with van der Waals surface area (Å²) in [7, 11) is 0. The van der Waals surface area contributed by atoms with Gasteiger partial charge in [0.1, 0.15) is 0 Å². The quantitative estimate of drug-likeness (QED) is 0.683.